The van der Waals surface area contributed by atoms with Crippen molar-refractivity contribution in [3.05, 3.63) is 33.8 Å². The van der Waals surface area contributed by atoms with Crippen LogP contribution in [0.15, 0.2) is 22.7 Å². The largest absolute Gasteiger partial charge is 0.390 e. The molecule has 0 amide bonds. The SMILES string of the molecule is COC(C)(C)CCC1(O)CCc2cc(Br)ccc2C1. The van der Waals surface area contributed by atoms with Gasteiger partial charge < -0.3 is 9.84 Å². The first-order chi connectivity index (χ1) is 8.84. The molecule has 106 valence electrons. The van der Waals surface area contributed by atoms with E-state index in [9.17, 15) is 5.11 Å². The number of aryl methyl sites for hydroxylation is 1. The van der Waals surface area contributed by atoms with Crippen LogP contribution in [0.1, 0.15) is 44.2 Å². The molecule has 3 heteroatoms. The van der Waals surface area contributed by atoms with Gasteiger partial charge in [0.15, 0.2) is 0 Å². The zero-order valence-electron chi connectivity index (χ0n) is 12.0. The van der Waals surface area contributed by atoms with E-state index in [0.29, 0.717) is 0 Å². The Morgan fingerprint density at radius 2 is 2.11 bits per heavy atom. The fourth-order valence-corrected chi connectivity index (χ4v) is 3.07. The predicted molar refractivity (Wildman–Crippen MR) is 81.4 cm³/mol. The Morgan fingerprint density at radius 1 is 1.37 bits per heavy atom. The van der Waals surface area contributed by atoms with Crippen molar-refractivity contribution in [2.75, 3.05) is 7.11 Å². The minimum Gasteiger partial charge on any atom is -0.390 e. The highest BCUT2D eigenvalue weighted by atomic mass is 79.9. The molecule has 1 aliphatic rings. The summed E-state index contributed by atoms with van der Waals surface area (Å²) in [6.07, 6.45) is 4.24. The Labute approximate surface area is 124 Å². The van der Waals surface area contributed by atoms with Crippen molar-refractivity contribution in [1.82, 2.24) is 0 Å². The van der Waals surface area contributed by atoms with Crippen LogP contribution < -0.4 is 0 Å². The molecule has 1 aromatic carbocycles. The number of fused-ring (bicyclic) bond motifs is 1. The molecule has 2 rings (SSSR count). The highest BCUT2D eigenvalue weighted by Crippen LogP contribution is 2.35. The monoisotopic (exact) mass is 326 g/mol. The van der Waals surface area contributed by atoms with Crippen LogP contribution in [0.3, 0.4) is 0 Å². The van der Waals surface area contributed by atoms with Gasteiger partial charge in [0, 0.05) is 18.0 Å². The van der Waals surface area contributed by atoms with Gasteiger partial charge in [-0.2, -0.15) is 0 Å². The molecule has 0 saturated carbocycles. The average molecular weight is 327 g/mol. The van der Waals surface area contributed by atoms with E-state index in [1.54, 1.807) is 7.11 Å². The molecule has 0 bridgehead atoms. The van der Waals surface area contributed by atoms with Gasteiger partial charge in [-0.1, -0.05) is 22.0 Å². The van der Waals surface area contributed by atoms with Crippen molar-refractivity contribution < 1.29 is 9.84 Å². The van der Waals surface area contributed by atoms with Gasteiger partial charge in [-0.25, -0.2) is 0 Å². The van der Waals surface area contributed by atoms with Gasteiger partial charge in [0.05, 0.1) is 11.2 Å². The summed E-state index contributed by atoms with van der Waals surface area (Å²) < 4.78 is 6.56. The molecule has 1 N–H and O–H groups in total. The van der Waals surface area contributed by atoms with Crippen molar-refractivity contribution in [2.45, 2.75) is 57.2 Å². The van der Waals surface area contributed by atoms with E-state index in [2.05, 4.69) is 48.0 Å². The number of aliphatic hydroxyl groups is 1. The van der Waals surface area contributed by atoms with E-state index in [1.807, 2.05) is 0 Å². The molecule has 19 heavy (non-hydrogen) atoms. The second-order valence-corrected chi connectivity index (χ2v) is 7.19. The first kappa shape index (κ1) is 15.0. The molecule has 1 unspecified atom stereocenters. The third-order valence-electron chi connectivity index (χ3n) is 4.29. The summed E-state index contributed by atoms with van der Waals surface area (Å²) in [6, 6.07) is 6.36. The molecule has 0 spiro atoms. The lowest BCUT2D eigenvalue weighted by molar-refractivity contribution is -0.0318. The first-order valence-electron chi connectivity index (χ1n) is 6.88. The number of ether oxygens (including phenoxy) is 1. The zero-order valence-corrected chi connectivity index (χ0v) is 13.6. The van der Waals surface area contributed by atoms with Crippen LogP contribution in [0.2, 0.25) is 0 Å². The van der Waals surface area contributed by atoms with Gasteiger partial charge in [0.1, 0.15) is 0 Å². The van der Waals surface area contributed by atoms with Crippen LogP contribution in [0.5, 0.6) is 0 Å². The fourth-order valence-electron chi connectivity index (χ4n) is 2.66. The van der Waals surface area contributed by atoms with Crippen molar-refractivity contribution in [2.24, 2.45) is 0 Å². The summed E-state index contributed by atoms with van der Waals surface area (Å²) in [5.74, 6) is 0. The van der Waals surface area contributed by atoms with Gasteiger partial charge in [-0.3, -0.25) is 0 Å². The Morgan fingerprint density at radius 3 is 2.79 bits per heavy atom. The van der Waals surface area contributed by atoms with Crippen molar-refractivity contribution in [1.29, 1.82) is 0 Å². The third-order valence-corrected chi connectivity index (χ3v) is 4.79. The van der Waals surface area contributed by atoms with Crippen LogP contribution in [-0.4, -0.2) is 23.4 Å². The molecule has 2 nitrogen and oxygen atoms in total. The number of benzene rings is 1. The lowest BCUT2D eigenvalue weighted by atomic mass is 9.77. The van der Waals surface area contributed by atoms with Crippen LogP contribution in [0.25, 0.3) is 0 Å². The number of hydrogen-bond donors (Lipinski definition) is 1. The van der Waals surface area contributed by atoms with E-state index in [0.717, 1.165) is 36.6 Å². The number of halogens is 1. The Kier molecular flexibility index (Phi) is 4.38. The minimum atomic E-state index is -0.573. The lowest BCUT2D eigenvalue weighted by Gasteiger charge is -2.36. The van der Waals surface area contributed by atoms with E-state index >= 15 is 0 Å². The minimum absolute atomic E-state index is 0.157. The summed E-state index contributed by atoms with van der Waals surface area (Å²) in [7, 11) is 1.73. The van der Waals surface area contributed by atoms with Crippen LogP contribution >= 0.6 is 15.9 Å². The molecule has 1 aliphatic carbocycles. The summed E-state index contributed by atoms with van der Waals surface area (Å²) >= 11 is 3.51. The first-order valence-corrected chi connectivity index (χ1v) is 7.68. The molecule has 0 aromatic heterocycles. The molecular weight excluding hydrogens is 304 g/mol. The lowest BCUT2D eigenvalue weighted by Crippen LogP contribution is -2.38. The maximum absolute atomic E-state index is 10.8. The maximum atomic E-state index is 10.8. The van der Waals surface area contributed by atoms with Crippen molar-refractivity contribution in [3.8, 4) is 0 Å². The second kappa shape index (κ2) is 5.55. The molecule has 0 radical (unpaired) electrons. The molecule has 0 fully saturated rings. The van der Waals surface area contributed by atoms with Crippen molar-refractivity contribution in [3.63, 3.8) is 0 Å². The molecule has 0 aliphatic heterocycles. The maximum Gasteiger partial charge on any atom is 0.0692 e. The standard InChI is InChI=1S/C16H23BrO2/c1-15(2,19-3)8-9-16(18)7-6-12-10-14(17)5-4-13(12)11-16/h4-5,10,18H,6-9,11H2,1-3H3. The molecule has 0 saturated heterocycles. The van der Waals surface area contributed by atoms with Gasteiger partial charge in [0.2, 0.25) is 0 Å². The number of rotatable bonds is 4. The van der Waals surface area contributed by atoms with Crippen molar-refractivity contribution >= 4 is 15.9 Å². The zero-order chi connectivity index (χ0) is 14.1. The number of hydrogen-bond acceptors (Lipinski definition) is 2. The number of methoxy groups -OCH3 is 1. The van der Waals surface area contributed by atoms with E-state index in [-0.39, 0.29) is 5.60 Å². The third kappa shape index (κ3) is 3.80. The topological polar surface area (TPSA) is 29.5 Å². The summed E-state index contributed by atoms with van der Waals surface area (Å²) in [4.78, 5) is 0. The summed E-state index contributed by atoms with van der Waals surface area (Å²) in [6.45, 7) is 4.15. The Bertz CT molecular complexity index is 456. The van der Waals surface area contributed by atoms with Gasteiger partial charge in [0.25, 0.3) is 0 Å². The molecule has 1 atom stereocenters. The predicted octanol–water partition coefficient (Wildman–Crippen LogP) is 3.87. The highest BCUT2D eigenvalue weighted by Gasteiger charge is 2.33. The molecule has 1 aromatic rings. The van der Waals surface area contributed by atoms with Crippen LogP contribution in [0, 0.1) is 0 Å². The molecular formula is C16H23BrO2. The average Bonchev–Trinajstić information content (AvgIpc) is 2.37. The summed E-state index contributed by atoms with van der Waals surface area (Å²) in [5, 5.41) is 10.8. The highest BCUT2D eigenvalue weighted by molar-refractivity contribution is 9.10. The van der Waals surface area contributed by atoms with Gasteiger partial charge >= 0.3 is 0 Å². The van der Waals surface area contributed by atoms with E-state index < -0.39 is 5.60 Å². The smallest absolute Gasteiger partial charge is 0.0692 e. The molecule has 0 heterocycles. The van der Waals surface area contributed by atoms with E-state index in [1.165, 1.54) is 11.1 Å². The Balaban J connectivity index is 2.05. The fraction of sp³-hybridized carbons (Fsp3) is 0.625. The summed E-state index contributed by atoms with van der Waals surface area (Å²) in [5.41, 5.74) is 1.92. The van der Waals surface area contributed by atoms with E-state index in [4.69, 9.17) is 4.74 Å². The van der Waals surface area contributed by atoms with Gasteiger partial charge in [-0.05, 0) is 62.8 Å². The quantitative estimate of drug-likeness (QED) is 0.909. The Hall–Kier alpha value is -0.380. The second-order valence-electron chi connectivity index (χ2n) is 6.28. The van der Waals surface area contributed by atoms with Gasteiger partial charge in [-0.15, -0.1) is 0 Å². The van der Waals surface area contributed by atoms with Crippen LogP contribution in [0.4, 0.5) is 0 Å². The normalized spacial score (nSPS) is 23.2. The van der Waals surface area contributed by atoms with Crippen LogP contribution in [-0.2, 0) is 17.6 Å².